The van der Waals surface area contributed by atoms with Crippen LogP contribution in [-0.4, -0.2) is 24.5 Å². The molecular formula is C11H18N2O. The Morgan fingerprint density at radius 2 is 1.93 bits per heavy atom. The summed E-state index contributed by atoms with van der Waals surface area (Å²) in [5.74, 6) is 1.67. The Bertz CT molecular complexity index is 254. The molecular weight excluding hydrogens is 176 g/mol. The Balaban J connectivity index is 1.82. The number of fused-ring (bicyclic) bond motifs is 3. The standard InChI is InChI=1S/C11H18N2O/c14-11-10-8(5-6-12-11)7-3-1-2-4-9(7)13-10/h7-10,13H,1-6H2,(H,12,14)/t7-,8-,9+,10-/m0/s1. The van der Waals surface area contributed by atoms with Crippen molar-refractivity contribution in [1.82, 2.24) is 10.6 Å². The Labute approximate surface area is 84.6 Å². The molecule has 14 heavy (non-hydrogen) atoms. The molecule has 2 heterocycles. The Morgan fingerprint density at radius 1 is 1.07 bits per heavy atom. The van der Waals surface area contributed by atoms with E-state index in [1.54, 1.807) is 0 Å². The maximum atomic E-state index is 11.6. The van der Waals surface area contributed by atoms with E-state index < -0.39 is 0 Å². The van der Waals surface area contributed by atoms with Crippen LogP contribution in [0.4, 0.5) is 0 Å². The van der Waals surface area contributed by atoms with E-state index in [0.717, 1.165) is 12.5 Å². The fourth-order valence-corrected chi connectivity index (χ4v) is 3.60. The van der Waals surface area contributed by atoms with Gasteiger partial charge in [-0.1, -0.05) is 12.8 Å². The van der Waals surface area contributed by atoms with E-state index in [-0.39, 0.29) is 11.9 Å². The van der Waals surface area contributed by atoms with Gasteiger partial charge in [0.25, 0.3) is 0 Å². The van der Waals surface area contributed by atoms with Crippen LogP contribution >= 0.6 is 0 Å². The normalized spacial score (nSPS) is 46.7. The Hall–Kier alpha value is -0.570. The van der Waals surface area contributed by atoms with Crippen LogP contribution in [0.5, 0.6) is 0 Å². The van der Waals surface area contributed by atoms with Crippen molar-refractivity contribution in [3.63, 3.8) is 0 Å². The highest BCUT2D eigenvalue weighted by atomic mass is 16.2. The van der Waals surface area contributed by atoms with Gasteiger partial charge in [0.2, 0.25) is 5.91 Å². The van der Waals surface area contributed by atoms with E-state index in [4.69, 9.17) is 0 Å². The summed E-state index contributed by atoms with van der Waals surface area (Å²) < 4.78 is 0. The van der Waals surface area contributed by atoms with Crippen molar-refractivity contribution in [3.05, 3.63) is 0 Å². The summed E-state index contributed by atoms with van der Waals surface area (Å²) in [6, 6.07) is 0.777. The monoisotopic (exact) mass is 194 g/mol. The highest BCUT2D eigenvalue weighted by molar-refractivity contribution is 5.83. The molecule has 0 aromatic carbocycles. The third-order valence-electron chi connectivity index (χ3n) is 4.25. The molecule has 0 radical (unpaired) electrons. The summed E-state index contributed by atoms with van der Waals surface area (Å²) in [5.41, 5.74) is 0. The molecule has 3 fully saturated rings. The van der Waals surface area contributed by atoms with Gasteiger partial charge in [0, 0.05) is 12.6 Å². The second-order valence-electron chi connectivity index (χ2n) is 4.94. The van der Waals surface area contributed by atoms with Crippen LogP contribution in [-0.2, 0) is 4.79 Å². The average molecular weight is 194 g/mol. The van der Waals surface area contributed by atoms with Gasteiger partial charge in [-0.25, -0.2) is 0 Å². The van der Waals surface area contributed by atoms with Crippen molar-refractivity contribution < 1.29 is 4.79 Å². The third kappa shape index (κ3) is 1.18. The van der Waals surface area contributed by atoms with Crippen LogP contribution < -0.4 is 10.6 Å². The molecule has 3 aliphatic rings. The largest absolute Gasteiger partial charge is 0.355 e. The smallest absolute Gasteiger partial charge is 0.237 e. The fraction of sp³-hybridized carbons (Fsp3) is 0.909. The van der Waals surface area contributed by atoms with Gasteiger partial charge in [-0.3, -0.25) is 4.79 Å². The first kappa shape index (κ1) is 8.72. The number of hydrogen-bond donors (Lipinski definition) is 2. The van der Waals surface area contributed by atoms with Crippen LogP contribution in [0.25, 0.3) is 0 Å². The topological polar surface area (TPSA) is 41.1 Å². The van der Waals surface area contributed by atoms with Crippen LogP contribution in [0.1, 0.15) is 32.1 Å². The molecule has 0 aromatic rings. The quantitative estimate of drug-likeness (QED) is 0.594. The van der Waals surface area contributed by atoms with Crippen molar-refractivity contribution in [1.29, 1.82) is 0 Å². The first-order valence-corrected chi connectivity index (χ1v) is 5.90. The van der Waals surface area contributed by atoms with Crippen LogP contribution in [0.3, 0.4) is 0 Å². The lowest BCUT2D eigenvalue weighted by molar-refractivity contribution is -0.125. The molecule has 4 atom stereocenters. The van der Waals surface area contributed by atoms with E-state index >= 15 is 0 Å². The molecule has 3 nitrogen and oxygen atoms in total. The minimum absolute atomic E-state index is 0.136. The molecule has 0 bridgehead atoms. The first-order chi connectivity index (χ1) is 6.86. The zero-order valence-electron chi connectivity index (χ0n) is 8.46. The number of piperidine rings is 1. The molecule has 1 amide bonds. The SMILES string of the molecule is O=C1NCC[C@H]2[C@@H]3CCCC[C@H]3N[C@H]12. The summed E-state index contributed by atoms with van der Waals surface area (Å²) in [4.78, 5) is 11.6. The molecule has 2 N–H and O–H groups in total. The van der Waals surface area contributed by atoms with Crippen LogP contribution in [0.2, 0.25) is 0 Å². The Morgan fingerprint density at radius 3 is 2.86 bits per heavy atom. The summed E-state index contributed by atoms with van der Waals surface area (Å²) in [5, 5.41) is 6.49. The molecule has 0 spiro atoms. The first-order valence-electron chi connectivity index (χ1n) is 5.90. The minimum atomic E-state index is 0.136. The van der Waals surface area contributed by atoms with Crippen LogP contribution in [0, 0.1) is 11.8 Å². The third-order valence-corrected chi connectivity index (χ3v) is 4.25. The Kier molecular flexibility index (Phi) is 2.01. The fourth-order valence-electron chi connectivity index (χ4n) is 3.60. The average Bonchev–Trinajstić information content (AvgIpc) is 2.59. The van der Waals surface area contributed by atoms with Gasteiger partial charge in [0.15, 0.2) is 0 Å². The lowest BCUT2D eigenvalue weighted by atomic mass is 9.76. The molecule has 3 rings (SSSR count). The van der Waals surface area contributed by atoms with Gasteiger partial charge in [-0.2, -0.15) is 0 Å². The molecule has 1 saturated carbocycles. The lowest BCUT2D eigenvalue weighted by Crippen LogP contribution is -2.49. The zero-order valence-corrected chi connectivity index (χ0v) is 8.46. The molecule has 0 aromatic heterocycles. The van der Waals surface area contributed by atoms with Crippen molar-refractivity contribution in [2.45, 2.75) is 44.2 Å². The van der Waals surface area contributed by atoms with E-state index in [2.05, 4.69) is 10.6 Å². The molecule has 2 saturated heterocycles. The maximum Gasteiger partial charge on any atom is 0.237 e. The van der Waals surface area contributed by atoms with Crippen molar-refractivity contribution in [3.8, 4) is 0 Å². The number of nitrogens with one attached hydrogen (secondary N) is 2. The van der Waals surface area contributed by atoms with E-state index in [1.165, 1.54) is 32.1 Å². The van der Waals surface area contributed by atoms with E-state index in [9.17, 15) is 4.79 Å². The van der Waals surface area contributed by atoms with Gasteiger partial charge >= 0.3 is 0 Å². The number of carbonyl (C=O) groups excluding carboxylic acids is 1. The van der Waals surface area contributed by atoms with E-state index in [0.29, 0.717) is 12.0 Å². The van der Waals surface area contributed by atoms with Crippen molar-refractivity contribution >= 4 is 5.91 Å². The summed E-state index contributed by atoms with van der Waals surface area (Å²) >= 11 is 0. The van der Waals surface area contributed by atoms with Gasteiger partial charge in [-0.15, -0.1) is 0 Å². The predicted octanol–water partition coefficient (Wildman–Crippen LogP) is 0.653. The van der Waals surface area contributed by atoms with Gasteiger partial charge in [0.1, 0.15) is 0 Å². The van der Waals surface area contributed by atoms with Crippen molar-refractivity contribution in [2.24, 2.45) is 11.8 Å². The summed E-state index contributed by atoms with van der Waals surface area (Å²) in [7, 11) is 0. The van der Waals surface area contributed by atoms with Gasteiger partial charge in [0.05, 0.1) is 6.04 Å². The summed E-state index contributed by atoms with van der Waals surface area (Å²) in [6.07, 6.45) is 6.52. The maximum absolute atomic E-state index is 11.6. The van der Waals surface area contributed by atoms with Crippen molar-refractivity contribution in [2.75, 3.05) is 6.54 Å². The highest BCUT2D eigenvalue weighted by Gasteiger charge is 2.47. The highest BCUT2D eigenvalue weighted by Crippen LogP contribution is 2.40. The molecule has 78 valence electrons. The minimum Gasteiger partial charge on any atom is -0.355 e. The molecule has 3 heteroatoms. The number of amides is 1. The zero-order chi connectivity index (χ0) is 9.54. The second-order valence-corrected chi connectivity index (χ2v) is 4.94. The predicted molar refractivity (Wildman–Crippen MR) is 53.8 cm³/mol. The number of hydrogen-bond acceptors (Lipinski definition) is 2. The lowest BCUT2D eigenvalue weighted by Gasteiger charge is -2.30. The van der Waals surface area contributed by atoms with Gasteiger partial charge < -0.3 is 10.6 Å². The summed E-state index contributed by atoms with van der Waals surface area (Å²) in [6.45, 7) is 0.894. The van der Waals surface area contributed by atoms with Crippen LogP contribution in [0.15, 0.2) is 0 Å². The number of carbonyl (C=O) groups is 1. The molecule has 2 aliphatic heterocycles. The van der Waals surface area contributed by atoms with E-state index in [1.807, 2.05) is 0 Å². The van der Waals surface area contributed by atoms with Gasteiger partial charge in [-0.05, 0) is 31.1 Å². The number of rotatable bonds is 0. The molecule has 0 unspecified atom stereocenters. The molecule has 1 aliphatic carbocycles. The second kappa shape index (κ2) is 3.23.